The molecule has 0 aliphatic rings. The van der Waals surface area contributed by atoms with Crippen LogP contribution in [0.1, 0.15) is 37.7 Å². The summed E-state index contributed by atoms with van der Waals surface area (Å²) in [5.41, 5.74) is 0.933. The molecule has 1 aromatic carbocycles. The number of ether oxygens (including phenoxy) is 1. The van der Waals surface area contributed by atoms with Crippen molar-refractivity contribution < 1.29 is 13.7 Å². The zero-order valence-corrected chi connectivity index (χ0v) is 20.5. The zero-order valence-electron chi connectivity index (χ0n) is 18.1. The third-order valence-corrected chi connectivity index (χ3v) is 4.12. The minimum Gasteiger partial charge on any atom is -0.491 e. The molecular formula is C22H30IN5O3. The van der Waals surface area contributed by atoms with Gasteiger partial charge >= 0.3 is 0 Å². The Hall–Kier alpha value is -2.56. The van der Waals surface area contributed by atoms with Crippen LogP contribution in [0.3, 0.4) is 0 Å². The Balaban J connectivity index is 0.00000341. The highest BCUT2D eigenvalue weighted by Gasteiger charge is 2.05. The summed E-state index contributed by atoms with van der Waals surface area (Å²) >= 11 is 0. The Morgan fingerprint density at radius 3 is 2.61 bits per heavy atom. The fourth-order valence-electron chi connectivity index (χ4n) is 2.79. The molecule has 3 aromatic rings. The van der Waals surface area contributed by atoms with Gasteiger partial charge in [0.1, 0.15) is 11.5 Å². The summed E-state index contributed by atoms with van der Waals surface area (Å²) < 4.78 is 16.2. The van der Waals surface area contributed by atoms with E-state index in [-0.39, 0.29) is 30.1 Å². The Kier molecular flexibility index (Phi) is 10.3. The molecule has 3 rings (SSSR count). The highest BCUT2D eigenvalue weighted by Crippen LogP contribution is 2.17. The summed E-state index contributed by atoms with van der Waals surface area (Å²) in [5.74, 6) is 3.78. The van der Waals surface area contributed by atoms with Crippen molar-refractivity contribution in [2.75, 3.05) is 18.4 Å². The van der Waals surface area contributed by atoms with E-state index in [4.69, 9.17) is 13.7 Å². The molecule has 0 atom stereocenters. The van der Waals surface area contributed by atoms with Gasteiger partial charge in [-0.3, -0.25) is 4.99 Å². The van der Waals surface area contributed by atoms with Crippen molar-refractivity contribution in [1.82, 2.24) is 15.5 Å². The second-order valence-electron chi connectivity index (χ2n) is 7.14. The SMILES string of the molecule is Cc1noc(CCCN=C(NCCc2ccco2)Nc2ccc(OC(C)C)cc2)n1.I. The van der Waals surface area contributed by atoms with Crippen LogP contribution in [0.25, 0.3) is 0 Å². The molecule has 0 spiro atoms. The van der Waals surface area contributed by atoms with E-state index in [0.717, 1.165) is 30.0 Å². The average molecular weight is 539 g/mol. The molecule has 0 aliphatic heterocycles. The highest BCUT2D eigenvalue weighted by atomic mass is 127. The molecule has 2 aromatic heterocycles. The number of aryl methyl sites for hydroxylation is 2. The van der Waals surface area contributed by atoms with Crippen molar-refractivity contribution in [3.63, 3.8) is 0 Å². The molecule has 0 amide bonds. The first-order chi connectivity index (χ1) is 14.6. The van der Waals surface area contributed by atoms with Crippen LogP contribution in [0.4, 0.5) is 5.69 Å². The quantitative estimate of drug-likeness (QED) is 0.168. The number of nitrogens with zero attached hydrogens (tertiary/aromatic N) is 3. The van der Waals surface area contributed by atoms with Crippen LogP contribution >= 0.6 is 24.0 Å². The van der Waals surface area contributed by atoms with E-state index in [2.05, 4.69) is 25.8 Å². The van der Waals surface area contributed by atoms with Gasteiger partial charge in [-0.15, -0.1) is 24.0 Å². The van der Waals surface area contributed by atoms with Crippen molar-refractivity contribution in [1.29, 1.82) is 0 Å². The summed E-state index contributed by atoms with van der Waals surface area (Å²) in [7, 11) is 0. The lowest BCUT2D eigenvalue weighted by molar-refractivity contribution is 0.242. The number of benzene rings is 1. The van der Waals surface area contributed by atoms with Gasteiger partial charge in [0.15, 0.2) is 11.8 Å². The second kappa shape index (κ2) is 13.0. The Morgan fingerprint density at radius 2 is 1.97 bits per heavy atom. The topological polar surface area (TPSA) is 97.7 Å². The zero-order chi connectivity index (χ0) is 21.2. The summed E-state index contributed by atoms with van der Waals surface area (Å²) in [4.78, 5) is 8.90. The van der Waals surface area contributed by atoms with E-state index in [1.807, 2.05) is 57.2 Å². The Morgan fingerprint density at radius 1 is 1.16 bits per heavy atom. The predicted molar refractivity (Wildman–Crippen MR) is 131 cm³/mol. The average Bonchev–Trinajstić information content (AvgIpc) is 3.38. The molecule has 0 unspecified atom stereocenters. The number of nitrogens with one attached hydrogen (secondary N) is 2. The lowest BCUT2D eigenvalue weighted by Crippen LogP contribution is -2.32. The van der Waals surface area contributed by atoms with Crippen LogP contribution in [0.2, 0.25) is 0 Å². The molecule has 0 fully saturated rings. The van der Waals surface area contributed by atoms with Crippen molar-refractivity contribution in [2.45, 2.75) is 46.1 Å². The maximum Gasteiger partial charge on any atom is 0.226 e. The normalized spacial score (nSPS) is 11.3. The molecule has 8 nitrogen and oxygen atoms in total. The summed E-state index contributed by atoms with van der Waals surface area (Å²) in [6.07, 6.45) is 4.12. The van der Waals surface area contributed by atoms with Gasteiger partial charge in [-0.1, -0.05) is 5.16 Å². The number of rotatable bonds is 10. The van der Waals surface area contributed by atoms with E-state index in [9.17, 15) is 0 Å². The van der Waals surface area contributed by atoms with Gasteiger partial charge in [-0.2, -0.15) is 4.98 Å². The first-order valence-corrected chi connectivity index (χ1v) is 10.2. The standard InChI is InChI=1S/C22H29N5O3.HI/c1-16(2)29-20-10-8-18(9-11-20)26-22(24-14-12-19-6-5-15-28-19)23-13-4-7-21-25-17(3)27-30-21;/h5-6,8-11,15-16H,4,7,12-14H2,1-3H3,(H2,23,24,26);1H. The number of aromatic nitrogens is 2. The first-order valence-electron chi connectivity index (χ1n) is 10.2. The molecular weight excluding hydrogens is 509 g/mol. The Labute approximate surface area is 199 Å². The molecule has 0 aliphatic carbocycles. The number of aliphatic imine (C=N–C) groups is 1. The fourth-order valence-corrected chi connectivity index (χ4v) is 2.79. The Bertz CT molecular complexity index is 908. The third-order valence-electron chi connectivity index (χ3n) is 4.12. The van der Waals surface area contributed by atoms with Crippen LogP contribution in [0, 0.1) is 6.92 Å². The molecule has 0 saturated heterocycles. The maximum absolute atomic E-state index is 5.70. The van der Waals surface area contributed by atoms with Crippen LogP contribution in [0.15, 0.2) is 56.6 Å². The molecule has 2 heterocycles. The third kappa shape index (κ3) is 8.99. The lowest BCUT2D eigenvalue weighted by Gasteiger charge is -2.14. The largest absolute Gasteiger partial charge is 0.491 e. The number of hydrogen-bond donors (Lipinski definition) is 2. The number of guanidine groups is 1. The van der Waals surface area contributed by atoms with Gasteiger partial charge < -0.3 is 24.3 Å². The van der Waals surface area contributed by atoms with Crippen LogP contribution in [-0.2, 0) is 12.8 Å². The van der Waals surface area contributed by atoms with E-state index in [1.165, 1.54) is 0 Å². The summed E-state index contributed by atoms with van der Waals surface area (Å²) in [6.45, 7) is 7.17. The van der Waals surface area contributed by atoms with Gasteiger partial charge in [0.2, 0.25) is 5.89 Å². The highest BCUT2D eigenvalue weighted by molar-refractivity contribution is 14.0. The van der Waals surface area contributed by atoms with Crippen LogP contribution in [0.5, 0.6) is 5.75 Å². The molecule has 31 heavy (non-hydrogen) atoms. The minimum atomic E-state index is 0. The van der Waals surface area contributed by atoms with E-state index >= 15 is 0 Å². The molecule has 0 saturated carbocycles. The van der Waals surface area contributed by atoms with Crippen LogP contribution < -0.4 is 15.4 Å². The first kappa shape index (κ1) is 24.7. The van der Waals surface area contributed by atoms with Gasteiger partial charge in [0, 0.05) is 31.6 Å². The van der Waals surface area contributed by atoms with E-state index < -0.39 is 0 Å². The number of halogens is 1. The van der Waals surface area contributed by atoms with Crippen molar-refractivity contribution in [3.05, 3.63) is 60.1 Å². The van der Waals surface area contributed by atoms with E-state index in [0.29, 0.717) is 37.2 Å². The number of hydrogen-bond acceptors (Lipinski definition) is 6. The molecule has 0 radical (unpaired) electrons. The van der Waals surface area contributed by atoms with Crippen molar-refractivity contribution in [2.24, 2.45) is 4.99 Å². The minimum absolute atomic E-state index is 0. The smallest absolute Gasteiger partial charge is 0.226 e. The van der Waals surface area contributed by atoms with Crippen molar-refractivity contribution in [3.8, 4) is 5.75 Å². The monoisotopic (exact) mass is 539 g/mol. The summed E-state index contributed by atoms with van der Waals surface area (Å²) in [6, 6.07) is 11.7. The van der Waals surface area contributed by atoms with Crippen LogP contribution in [-0.4, -0.2) is 35.3 Å². The van der Waals surface area contributed by atoms with Crippen molar-refractivity contribution >= 4 is 35.6 Å². The summed E-state index contributed by atoms with van der Waals surface area (Å²) in [5, 5.41) is 10.5. The molecule has 9 heteroatoms. The molecule has 0 bridgehead atoms. The molecule has 168 valence electrons. The van der Waals surface area contributed by atoms with Gasteiger partial charge in [-0.25, -0.2) is 0 Å². The van der Waals surface area contributed by atoms with Gasteiger partial charge in [0.05, 0.1) is 12.4 Å². The van der Waals surface area contributed by atoms with Gasteiger partial charge in [-0.05, 0) is 63.6 Å². The lowest BCUT2D eigenvalue weighted by atomic mass is 10.3. The second-order valence-corrected chi connectivity index (χ2v) is 7.14. The number of anilines is 1. The van der Waals surface area contributed by atoms with E-state index in [1.54, 1.807) is 6.26 Å². The number of furan rings is 1. The predicted octanol–water partition coefficient (Wildman–Crippen LogP) is 4.61. The molecule has 2 N–H and O–H groups in total. The fraction of sp³-hybridized carbons (Fsp3) is 0.409. The van der Waals surface area contributed by atoms with Gasteiger partial charge in [0.25, 0.3) is 0 Å². The maximum atomic E-state index is 5.70.